The first kappa shape index (κ1) is 35.3. The summed E-state index contributed by atoms with van der Waals surface area (Å²) in [5, 5.41) is 6.13. The third kappa shape index (κ3) is 17.5. The van der Waals surface area contributed by atoms with Gasteiger partial charge in [-0.2, -0.15) is 0 Å². The number of halogens is 1. The minimum absolute atomic E-state index is 0.0530. The quantitative estimate of drug-likeness (QED) is 0.157. The summed E-state index contributed by atoms with van der Waals surface area (Å²) in [7, 11) is 1.81. The molecule has 0 aromatic heterocycles. The van der Waals surface area contributed by atoms with Gasteiger partial charge in [-0.05, 0) is 76.6 Å². The Balaban J connectivity index is 1.84. The van der Waals surface area contributed by atoms with Crippen molar-refractivity contribution >= 4 is 5.91 Å². The number of unbranched alkanes of at least 4 members (excludes halogenated alkanes) is 5. The van der Waals surface area contributed by atoms with E-state index >= 15 is 0 Å². The first-order chi connectivity index (χ1) is 18.6. The van der Waals surface area contributed by atoms with Gasteiger partial charge in [-0.1, -0.05) is 33.6 Å². The predicted octanol–water partition coefficient (Wildman–Crippen LogP) is 6.21. The monoisotopic (exact) mass is 554 g/mol. The molecule has 1 amide bonds. The summed E-state index contributed by atoms with van der Waals surface area (Å²) in [6, 6.07) is 5.05. The van der Waals surface area contributed by atoms with Gasteiger partial charge in [-0.3, -0.25) is 4.79 Å². The molecule has 1 rings (SSSR count). The van der Waals surface area contributed by atoms with Gasteiger partial charge in [-0.15, -0.1) is 0 Å². The van der Waals surface area contributed by atoms with Gasteiger partial charge in [0, 0.05) is 37.3 Å². The van der Waals surface area contributed by atoms with Crippen LogP contribution in [0.3, 0.4) is 0 Å². The van der Waals surface area contributed by atoms with Crippen molar-refractivity contribution in [2.24, 2.45) is 5.41 Å². The highest BCUT2D eigenvalue weighted by Crippen LogP contribution is 2.22. The van der Waals surface area contributed by atoms with E-state index in [4.69, 9.17) is 18.9 Å². The molecule has 7 nitrogen and oxygen atoms in total. The van der Waals surface area contributed by atoms with Gasteiger partial charge in [0.05, 0.1) is 33.0 Å². The summed E-state index contributed by atoms with van der Waals surface area (Å²) in [6.45, 7) is 14.8. The second-order valence-corrected chi connectivity index (χ2v) is 11.3. The Hall–Kier alpha value is -1.74. The lowest BCUT2D eigenvalue weighted by Crippen LogP contribution is -2.41. The average molecular weight is 555 g/mol. The summed E-state index contributed by atoms with van der Waals surface area (Å²) < 4.78 is 36.5. The van der Waals surface area contributed by atoms with Crippen molar-refractivity contribution in [3.8, 4) is 5.75 Å². The lowest BCUT2D eigenvalue weighted by atomic mass is 9.88. The Bertz CT molecular complexity index is 772. The van der Waals surface area contributed by atoms with Crippen LogP contribution in [0.5, 0.6) is 5.75 Å². The van der Waals surface area contributed by atoms with E-state index in [0.29, 0.717) is 57.4 Å². The van der Waals surface area contributed by atoms with Gasteiger partial charge < -0.3 is 29.6 Å². The van der Waals surface area contributed by atoms with Crippen LogP contribution < -0.4 is 15.4 Å². The average Bonchev–Trinajstić information content (AvgIpc) is 2.89. The molecule has 1 aromatic carbocycles. The number of amides is 1. The van der Waals surface area contributed by atoms with Crippen molar-refractivity contribution in [1.29, 1.82) is 0 Å². The van der Waals surface area contributed by atoms with E-state index < -0.39 is 0 Å². The fourth-order valence-electron chi connectivity index (χ4n) is 3.69. The molecule has 0 saturated carbocycles. The van der Waals surface area contributed by atoms with Crippen molar-refractivity contribution in [1.82, 2.24) is 10.6 Å². The molecule has 8 heteroatoms. The van der Waals surface area contributed by atoms with E-state index in [1.807, 2.05) is 14.0 Å². The van der Waals surface area contributed by atoms with Gasteiger partial charge in [0.15, 0.2) is 0 Å². The SMILES string of the molecule is CN[C@@H](C)c1cc(OCCCCCCOCCOCCOCCCCCC(=O)NC(C)C(C)(C)C)ccc1F. The fourth-order valence-corrected chi connectivity index (χ4v) is 3.69. The maximum absolute atomic E-state index is 13.9. The summed E-state index contributed by atoms with van der Waals surface area (Å²) >= 11 is 0. The van der Waals surface area contributed by atoms with Crippen molar-refractivity contribution in [3.05, 3.63) is 29.6 Å². The van der Waals surface area contributed by atoms with Crippen LogP contribution in [0.4, 0.5) is 4.39 Å². The van der Waals surface area contributed by atoms with Crippen LogP contribution in [0.1, 0.15) is 97.6 Å². The third-order valence-electron chi connectivity index (χ3n) is 6.93. The van der Waals surface area contributed by atoms with Crippen molar-refractivity contribution in [3.63, 3.8) is 0 Å². The first-order valence-electron chi connectivity index (χ1n) is 14.8. The summed E-state index contributed by atoms with van der Waals surface area (Å²) in [4.78, 5) is 12.0. The lowest BCUT2D eigenvalue weighted by Gasteiger charge is -2.28. The number of ether oxygens (including phenoxy) is 4. The van der Waals surface area contributed by atoms with E-state index in [9.17, 15) is 9.18 Å². The molecule has 226 valence electrons. The number of benzene rings is 1. The lowest BCUT2D eigenvalue weighted by molar-refractivity contribution is -0.122. The van der Waals surface area contributed by atoms with Crippen LogP contribution in [0.2, 0.25) is 0 Å². The molecule has 0 aliphatic carbocycles. The number of carbonyl (C=O) groups is 1. The summed E-state index contributed by atoms with van der Waals surface area (Å²) in [5.74, 6) is 0.635. The Labute approximate surface area is 236 Å². The predicted molar refractivity (Wildman–Crippen MR) is 156 cm³/mol. The van der Waals surface area contributed by atoms with E-state index in [0.717, 1.165) is 51.6 Å². The van der Waals surface area contributed by atoms with Gasteiger partial charge >= 0.3 is 0 Å². The minimum Gasteiger partial charge on any atom is -0.494 e. The molecule has 0 spiro atoms. The van der Waals surface area contributed by atoms with Crippen LogP contribution in [-0.2, 0) is 19.0 Å². The van der Waals surface area contributed by atoms with Gasteiger partial charge in [0.1, 0.15) is 11.6 Å². The van der Waals surface area contributed by atoms with Crippen molar-refractivity contribution in [2.75, 3.05) is 53.3 Å². The molecule has 0 aliphatic rings. The zero-order chi connectivity index (χ0) is 28.9. The number of hydrogen-bond acceptors (Lipinski definition) is 6. The standard InChI is InChI=1S/C31H55FN2O5/c1-25(33-6)28-24-27(15-16-29(28)32)39-19-13-8-7-11-17-36-20-22-38-23-21-37-18-12-9-10-14-30(35)34-26(2)31(3,4)5/h15-16,24-26,33H,7-14,17-23H2,1-6H3,(H,34,35)/t25-,26?/m0/s1. The molecule has 1 aromatic rings. The van der Waals surface area contributed by atoms with Crippen LogP contribution in [-0.4, -0.2) is 65.2 Å². The maximum Gasteiger partial charge on any atom is 0.220 e. The molecule has 0 fully saturated rings. The molecular weight excluding hydrogens is 499 g/mol. The summed E-state index contributed by atoms with van der Waals surface area (Å²) in [6.07, 6.45) is 7.55. The van der Waals surface area contributed by atoms with Crippen LogP contribution >= 0.6 is 0 Å². The normalized spacial score (nSPS) is 13.3. The molecule has 0 radical (unpaired) electrons. The first-order valence-corrected chi connectivity index (χ1v) is 14.8. The largest absolute Gasteiger partial charge is 0.494 e. The molecule has 2 N–H and O–H groups in total. The van der Waals surface area contributed by atoms with Gasteiger partial charge in [0.2, 0.25) is 5.91 Å². The molecule has 0 heterocycles. The highest BCUT2D eigenvalue weighted by Gasteiger charge is 2.21. The van der Waals surface area contributed by atoms with Crippen molar-refractivity contribution < 1.29 is 28.1 Å². The highest BCUT2D eigenvalue weighted by molar-refractivity contribution is 5.76. The van der Waals surface area contributed by atoms with E-state index in [2.05, 4.69) is 38.3 Å². The van der Waals surface area contributed by atoms with Gasteiger partial charge in [0.25, 0.3) is 0 Å². The zero-order valence-corrected chi connectivity index (χ0v) is 25.4. The van der Waals surface area contributed by atoms with Crippen LogP contribution in [0.25, 0.3) is 0 Å². The smallest absolute Gasteiger partial charge is 0.220 e. The minimum atomic E-state index is -0.213. The van der Waals surface area contributed by atoms with E-state index in [1.165, 1.54) is 6.07 Å². The Morgan fingerprint density at radius 1 is 0.821 bits per heavy atom. The number of nitrogens with one attached hydrogen (secondary N) is 2. The molecule has 0 bridgehead atoms. The second-order valence-electron chi connectivity index (χ2n) is 11.3. The zero-order valence-electron chi connectivity index (χ0n) is 25.4. The fraction of sp³-hybridized carbons (Fsp3) is 0.774. The molecular formula is C31H55FN2O5. The topological polar surface area (TPSA) is 78.1 Å². The molecule has 1 unspecified atom stereocenters. The maximum atomic E-state index is 13.9. The Morgan fingerprint density at radius 3 is 1.92 bits per heavy atom. The second kappa shape index (κ2) is 21.1. The van der Waals surface area contributed by atoms with Crippen LogP contribution in [0.15, 0.2) is 18.2 Å². The van der Waals surface area contributed by atoms with E-state index in [1.54, 1.807) is 12.1 Å². The summed E-state index contributed by atoms with van der Waals surface area (Å²) in [5.41, 5.74) is 0.707. The third-order valence-corrected chi connectivity index (χ3v) is 6.93. The number of hydrogen-bond donors (Lipinski definition) is 2. The number of carbonyl (C=O) groups excluding carboxylic acids is 1. The molecule has 39 heavy (non-hydrogen) atoms. The molecule has 0 aliphatic heterocycles. The molecule has 2 atom stereocenters. The highest BCUT2D eigenvalue weighted by atomic mass is 19.1. The van der Waals surface area contributed by atoms with Crippen molar-refractivity contribution in [2.45, 2.75) is 98.1 Å². The number of rotatable bonds is 23. The Morgan fingerprint density at radius 2 is 1.36 bits per heavy atom. The van der Waals surface area contributed by atoms with Gasteiger partial charge in [-0.25, -0.2) is 4.39 Å². The molecule has 0 saturated heterocycles. The Kier molecular flexibility index (Phi) is 19.1. The van der Waals surface area contributed by atoms with Crippen LogP contribution in [0, 0.1) is 11.2 Å². The van der Waals surface area contributed by atoms with E-state index in [-0.39, 0.29) is 29.2 Å².